The molecule has 1 saturated carbocycles. The molecule has 0 saturated heterocycles. The minimum atomic E-state index is 0.513. The summed E-state index contributed by atoms with van der Waals surface area (Å²) in [4.78, 5) is 2.39. The largest absolute Gasteiger partial charge is 0.306 e. The van der Waals surface area contributed by atoms with E-state index < -0.39 is 0 Å². The summed E-state index contributed by atoms with van der Waals surface area (Å²) in [7, 11) is 4.42. The maximum absolute atomic E-state index is 2.39. The van der Waals surface area contributed by atoms with Gasteiger partial charge in [0, 0.05) is 6.04 Å². The summed E-state index contributed by atoms with van der Waals surface area (Å²) in [6, 6.07) is 0.865. The van der Waals surface area contributed by atoms with Crippen molar-refractivity contribution in [2.24, 2.45) is 11.3 Å². The van der Waals surface area contributed by atoms with E-state index in [-0.39, 0.29) is 0 Å². The Labute approximate surface area is 77.1 Å². The molecular weight excluding hydrogens is 146 g/mol. The van der Waals surface area contributed by atoms with E-state index in [1.54, 1.807) is 0 Å². The molecule has 0 spiro atoms. The topological polar surface area (TPSA) is 3.24 Å². The van der Waals surface area contributed by atoms with E-state index in [2.05, 4.69) is 39.8 Å². The van der Waals surface area contributed by atoms with Gasteiger partial charge in [-0.25, -0.2) is 0 Å². The molecule has 0 aliphatic heterocycles. The zero-order chi connectivity index (χ0) is 9.35. The molecule has 1 fully saturated rings. The van der Waals surface area contributed by atoms with Gasteiger partial charge in [-0.2, -0.15) is 0 Å². The maximum atomic E-state index is 2.39. The average Bonchev–Trinajstić information content (AvgIpc) is 1.77. The molecule has 0 aromatic heterocycles. The van der Waals surface area contributed by atoms with Crippen LogP contribution in [0.2, 0.25) is 0 Å². The molecular formula is C11H23N. The first-order chi connectivity index (χ1) is 5.40. The Morgan fingerprint density at radius 2 is 1.75 bits per heavy atom. The van der Waals surface area contributed by atoms with Crippen molar-refractivity contribution >= 4 is 0 Å². The minimum Gasteiger partial charge on any atom is -0.306 e. The second-order valence-corrected chi connectivity index (χ2v) is 5.63. The summed E-state index contributed by atoms with van der Waals surface area (Å²) in [6.07, 6.45) is 4.24. The Hall–Kier alpha value is -0.0400. The van der Waals surface area contributed by atoms with Crippen molar-refractivity contribution in [1.29, 1.82) is 0 Å². The number of nitrogens with zero attached hydrogens (tertiary/aromatic N) is 1. The molecule has 0 aromatic carbocycles. The highest BCUT2D eigenvalue weighted by Gasteiger charge is 2.34. The van der Waals surface area contributed by atoms with Gasteiger partial charge in [0.2, 0.25) is 0 Å². The summed E-state index contributed by atoms with van der Waals surface area (Å²) in [5, 5.41) is 0. The van der Waals surface area contributed by atoms with Crippen LogP contribution in [-0.2, 0) is 0 Å². The van der Waals surface area contributed by atoms with Crippen LogP contribution in [-0.4, -0.2) is 25.0 Å². The number of hydrogen-bond donors (Lipinski definition) is 0. The third kappa shape index (κ3) is 2.48. The molecule has 0 amide bonds. The average molecular weight is 169 g/mol. The molecule has 0 radical (unpaired) electrons. The Bertz CT molecular complexity index is 144. The highest BCUT2D eigenvalue weighted by atomic mass is 15.1. The standard InChI is InChI=1S/C11H23N/c1-11(2,3)8-9-6-7-10(9)12(4)5/h9-10H,6-8H2,1-5H3. The van der Waals surface area contributed by atoms with Gasteiger partial charge in [0.05, 0.1) is 0 Å². The van der Waals surface area contributed by atoms with E-state index in [4.69, 9.17) is 0 Å². The third-order valence-electron chi connectivity index (χ3n) is 2.92. The molecule has 1 heteroatoms. The Balaban J connectivity index is 2.35. The second-order valence-electron chi connectivity index (χ2n) is 5.63. The van der Waals surface area contributed by atoms with Crippen LogP contribution in [0.5, 0.6) is 0 Å². The molecule has 0 aromatic rings. The predicted molar refractivity (Wildman–Crippen MR) is 54.3 cm³/mol. The first kappa shape index (κ1) is 10.0. The van der Waals surface area contributed by atoms with Crippen LogP contribution in [0.15, 0.2) is 0 Å². The van der Waals surface area contributed by atoms with Gasteiger partial charge >= 0.3 is 0 Å². The molecule has 1 aliphatic carbocycles. The van der Waals surface area contributed by atoms with Gasteiger partial charge in [0.15, 0.2) is 0 Å². The van der Waals surface area contributed by atoms with Crippen LogP contribution in [0.25, 0.3) is 0 Å². The lowest BCUT2D eigenvalue weighted by Crippen LogP contribution is -2.44. The second kappa shape index (κ2) is 3.37. The summed E-state index contributed by atoms with van der Waals surface area (Å²) in [5.41, 5.74) is 0.513. The van der Waals surface area contributed by atoms with E-state index in [1.165, 1.54) is 19.3 Å². The van der Waals surface area contributed by atoms with E-state index in [0.717, 1.165) is 12.0 Å². The van der Waals surface area contributed by atoms with Crippen molar-refractivity contribution in [1.82, 2.24) is 4.90 Å². The van der Waals surface area contributed by atoms with Crippen LogP contribution in [0.3, 0.4) is 0 Å². The monoisotopic (exact) mass is 169 g/mol. The predicted octanol–water partition coefficient (Wildman–Crippen LogP) is 2.76. The van der Waals surface area contributed by atoms with Crippen LogP contribution >= 0.6 is 0 Å². The lowest BCUT2D eigenvalue weighted by molar-refractivity contribution is 0.0724. The van der Waals surface area contributed by atoms with Gasteiger partial charge in [-0.05, 0) is 44.7 Å². The van der Waals surface area contributed by atoms with E-state index in [1.807, 2.05) is 0 Å². The molecule has 2 unspecified atom stereocenters. The first-order valence-corrected chi connectivity index (χ1v) is 5.06. The normalized spacial score (nSPS) is 30.5. The Morgan fingerprint density at radius 3 is 2.00 bits per heavy atom. The highest BCUT2D eigenvalue weighted by molar-refractivity contribution is 4.88. The molecule has 1 aliphatic rings. The van der Waals surface area contributed by atoms with Crippen LogP contribution < -0.4 is 0 Å². The van der Waals surface area contributed by atoms with E-state index in [9.17, 15) is 0 Å². The summed E-state index contributed by atoms with van der Waals surface area (Å²) >= 11 is 0. The lowest BCUT2D eigenvalue weighted by Gasteiger charge is -2.44. The van der Waals surface area contributed by atoms with Crippen molar-refractivity contribution in [3.63, 3.8) is 0 Å². The lowest BCUT2D eigenvalue weighted by atomic mass is 9.70. The van der Waals surface area contributed by atoms with Gasteiger partial charge in [-0.1, -0.05) is 20.8 Å². The quantitative estimate of drug-likeness (QED) is 0.614. The molecule has 2 atom stereocenters. The van der Waals surface area contributed by atoms with Gasteiger partial charge < -0.3 is 4.90 Å². The van der Waals surface area contributed by atoms with Crippen molar-refractivity contribution in [2.75, 3.05) is 14.1 Å². The number of hydrogen-bond acceptors (Lipinski definition) is 1. The molecule has 0 heterocycles. The van der Waals surface area contributed by atoms with Crippen LogP contribution in [0, 0.1) is 11.3 Å². The molecule has 72 valence electrons. The van der Waals surface area contributed by atoms with Gasteiger partial charge in [0.1, 0.15) is 0 Å². The van der Waals surface area contributed by atoms with E-state index in [0.29, 0.717) is 5.41 Å². The van der Waals surface area contributed by atoms with Gasteiger partial charge in [-0.3, -0.25) is 0 Å². The smallest absolute Gasteiger partial charge is 0.0118 e. The van der Waals surface area contributed by atoms with Crippen molar-refractivity contribution in [2.45, 2.75) is 46.1 Å². The van der Waals surface area contributed by atoms with Gasteiger partial charge in [-0.15, -0.1) is 0 Å². The molecule has 0 N–H and O–H groups in total. The number of rotatable bonds is 2. The Morgan fingerprint density at radius 1 is 1.17 bits per heavy atom. The van der Waals surface area contributed by atoms with Crippen LogP contribution in [0.1, 0.15) is 40.0 Å². The van der Waals surface area contributed by atoms with Crippen molar-refractivity contribution in [3.05, 3.63) is 0 Å². The zero-order valence-electron chi connectivity index (χ0n) is 9.22. The summed E-state index contributed by atoms with van der Waals surface area (Å²) in [6.45, 7) is 7.04. The SMILES string of the molecule is CN(C)C1CCC1CC(C)(C)C. The summed E-state index contributed by atoms with van der Waals surface area (Å²) in [5.74, 6) is 0.958. The Kier molecular flexibility index (Phi) is 2.82. The fourth-order valence-corrected chi connectivity index (χ4v) is 2.26. The zero-order valence-corrected chi connectivity index (χ0v) is 9.22. The third-order valence-corrected chi connectivity index (χ3v) is 2.92. The maximum Gasteiger partial charge on any atom is 0.0118 e. The molecule has 1 nitrogen and oxygen atoms in total. The fourth-order valence-electron chi connectivity index (χ4n) is 2.26. The minimum absolute atomic E-state index is 0.513. The molecule has 12 heavy (non-hydrogen) atoms. The van der Waals surface area contributed by atoms with Gasteiger partial charge in [0.25, 0.3) is 0 Å². The highest BCUT2D eigenvalue weighted by Crippen LogP contribution is 2.39. The fraction of sp³-hybridized carbons (Fsp3) is 1.00. The van der Waals surface area contributed by atoms with Crippen LogP contribution in [0.4, 0.5) is 0 Å². The molecule has 0 bridgehead atoms. The molecule has 1 rings (SSSR count). The first-order valence-electron chi connectivity index (χ1n) is 5.06. The van der Waals surface area contributed by atoms with Crippen molar-refractivity contribution < 1.29 is 0 Å². The van der Waals surface area contributed by atoms with E-state index >= 15 is 0 Å². The summed E-state index contributed by atoms with van der Waals surface area (Å²) < 4.78 is 0. The van der Waals surface area contributed by atoms with Crippen molar-refractivity contribution in [3.8, 4) is 0 Å².